The van der Waals surface area contributed by atoms with Gasteiger partial charge in [-0.1, -0.05) is 47.6 Å². The summed E-state index contributed by atoms with van der Waals surface area (Å²) >= 11 is 0. The maximum atomic E-state index is 12.8. The van der Waals surface area contributed by atoms with E-state index in [9.17, 15) is 9.90 Å². The summed E-state index contributed by atoms with van der Waals surface area (Å²) in [7, 11) is 0. The minimum Gasteiger partial charge on any atom is -0.385 e. The third-order valence-electron chi connectivity index (χ3n) is 11.8. The molecule has 31 heavy (non-hydrogen) atoms. The quantitative estimate of drug-likeness (QED) is 0.545. The van der Waals surface area contributed by atoms with Crippen molar-refractivity contribution in [3.63, 3.8) is 0 Å². The number of fused-ring (bicyclic) bond motifs is 5. The molecule has 2 heteroatoms. The Kier molecular flexibility index (Phi) is 5.32. The molecule has 0 amide bonds. The zero-order chi connectivity index (χ0) is 22.3. The first-order valence-corrected chi connectivity index (χ1v) is 13.5. The van der Waals surface area contributed by atoms with Crippen molar-refractivity contribution in [3.05, 3.63) is 11.6 Å². The second-order valence-corrected chi connectivity index (χ2v) is 13.4. The molecule has 0 saturated heterocycles. The number of hydrogen-bond acceptors (Lipinski definition) is 2. The fourth-order valence-electron chi connectivity index (χ4n) is 10.2. The van der Waals surface area contributed by atoms with Gasteiger partial charge in [0.15, 0.2) is 5.78 Å². The van der Waals surface area contributed by atoms with Gasteiger partial charge in [0, 0.05) is 5.57 Å². The molecule has 0 aromatic heterocycles. The number of ketones is 1. The molecule has 0 unspecified atom stereocenters. The topological polar surface area (TPSA) is 37.3 Å². The Labute approximate surface area is 190 Å². The summed E-state index contributed by atoms with van der Waals surface area (Å²) in [6.45, 7) is 14.9. The lowest BCUT2D eigenvalue weighted by Crippen LogP contribution is -2.52. The Hall–Kier alpha value is -0.630. The van der Waals surface area contributed by atoms with Gasteiger partial charge in [-0.05, 0) is 115 Å². The third kappa shape index (κ3) is 3.17. The van der Waals surface area contributed by atoms with Crippen molar-refractivity contribution in [2.75, 3.05) is 0 Å². The minimum absolute atomic E-state index is 0.0121. The maximum absolute atomic E-state index is 12.8. The van der Waals surface area contributed by atoms with Crippen LogP contribution in [-0.4, -0.2) is 17.0 Å². The SMILES string of the molecule is CC(C)[C@@H]1[C@@H](C)[C@H]1C[C@@H](C)[C@H]1CC[C@H]2[C@@H]3CC=C4C(=O)[C@@H](O)CC[C@]4(C)[C@H]3CC[C@]12C. The minimum atomic E-state index is -0.749. The smallest absolute Gasteiger partial charge is 0.187 e. The van der Waals surface area contributed by atoms with Gasteiger partial charge in [-0.2, -0.15) is 0 Å². The second kappa shape index (κ2) is 7.44. The second-order valence-electron chi connectivity index (χ2n) is 13.4. The number of rotatable bonds is 4. The molecule has 5 aliphatic rings. The highest BCUT2D eigenvalue weighted by Crippen LogP contribution is 2.67. The molecule has 1 N–H and O–H groups in total. The highest BCUT2D eigenvalue weighted by molar-refractivity contribution is 6.00. The average molecular weight is 427 g/mol. The van der Waals surface area contributed by atoms with E-state index in [4.69, 9.17) is 0 Å². The highest BCUT2D eigenvalue weighted by atomic mass is 16.3. The summed E-state index contributed by atoms with van der Waals surface area (Å²) in [5, 5.41) is 10.2. The van der Waals surface area contributed by atoms with E-state index in [1.807, 2.05) is 0 Å². The van der Waals surface area contributed by atoms with Gasteiger partial charge in [-0.15, -0.1) is 0 Å². The molecule has 0 radical (unpaired) electrons. The molecule has 4 fully saturated rings. The Balaban J connectivity index is 1.34. The molecule has 0 heterocycles. The van der Waals surface area contributed by atoms with Gasteiger partial charge < -0.3 is 5.11 Å². The molecule has 0 bridgehead atoms. The zero-order valence-electron chi connectivity index (χ0n) is 20.9. The zero-order valence-corrected chi connectivity index (χ0v) is 20.9. The van der Waals surface area contributed by atoms with Crippen LogP contribution in [0.3, 0.4) is 0 Å². The van der Waals surface area contributed by atoms with Crippen LogP contribution in [0.25, 0.3) is 0 Å². The predicted molar refractivity (Wildman–Crippen MR) is 126 cm³/mol. The molecule has 0 spiro atoms. The molecule has 5 rings (SSSR count). The molecule has 174 valence electrons. The Morgan fingerprint density at radius 1 is 1.06 bits per heavy atom. The van der Waals surface area contributed by atoms with Gasteiger partial charge >= 0.3 is 0 Å². The van der Waals surface area contributed by atoms with Crippen molar-refractivity contribution < 1.29 is 9.90 Å². The molecule has 0 aliphatic heterocycles. The van der Waals surface area contributed by atoms with Crippen LogP contribution < -0.4 is 0 Å². The highest BCUT2D eigenvalue weighted by Gasteiger charge is 2.60. The van der Waals surface area contributed by atoms with Crippen LogP contribution in [0.4, 0.5) is 0 Å². The Morgan fingerprint density at radius 3 is 2.48 bits per heavy atom. The Bertz CT molecular complexity index is 767. The van der Waals surface area contributed by atoms with E-state index in [0.29, 0.717) is 17.8 Å². The molecule has 0 aromatic carbocycles. The normalized spacial score (nSPS) is 52.3. The van der Waals surface area contributed by atoms with Crippen molar-refractivity contribution in [2.24, 2.45) is 64.1 Å². The Morgan fingerprint density at radius 2 is 1.81 bits per heavy atom. The van der Waals surface area contributed by atoms with E-state index in [1.54, 1.807) is 0 Å². The van der Waals surface area contributed by atoms with Crippen LogP contribution in [0, 0.1) is 64.1 Å². The van der Waals surface area contributed by atoms with Crippen LogP contribution >= 0.6 is 0 Å². The largest absolute Gasteiger partial charge is 0.385 e. The number of allylic oxidation sites excluding steroid dienone is 1. The standard InChI is InChI=1S/C29H46O2/c1-16(2)26-18(4)20(26)15-17(3)21-9-10-22-19-7-8-24-27(31)25(30)12-14-29(24,6)23(19)11-13-28(21,22)5/h8,16-23,25-26,30H,7,9-15H2,1-6H3/t17-,18+,19+,20-,21-,22+,23+,25+,26-,28-,29-/m1/s1. The summed E-state index contributed by atoms with van der Waals surface area (Å²) in [5.41, 5.74) is 1.49. The first-order valence-electron chi connectivity index (χ1n) is 13.5. The van der Waals surface area contributed by atoms with Crippen LogP contribution in [0.5, 0.6) is 0 Å². The lowest BCUT2D eigenvalue weighted by atomic mass is 9.46. The van der Waals surface area contributed by atoms with E-state index in [1.165, 1.54) is 32.1 Å². The molecule has 2 nitrogen and oxygen atoms in total. The number of aliphatic hydroxyl groups is 1. The van der Waals surface area contributed by atoms with E-state index >= 15 is 0 Å². The number of carbonyl (C=O) groups excluding carboxylic acids is 1. The van der Waals surface area contributed by atoms with Gasteiger partial charge in [0.1, 0.15) is 6.10 Å². The van der Waals surface area contributed by atoms with Crippen molar-refractivity contribution >= 4 is 5.78 Å². The number of aliphatic hydroxyl groups excluding tert-OH is 1. The van der Waals surface area contributed by atoms with E-state index in [2.05, 4.69) is 47.6 Å². The molecular formula is C29H46O2. The molecule has 11 atom stereocenters. The lowest BCUT2D eigenvalue weighted by Gasteiger charge is -2.58. The monoisotopic (exact) mass is 426 g/mol. The maximum Gasteiger partial charge on any atom is 0.187 e. The molecule has 5 aliphatic carbocycles. The van der Waals surface area contributed by atoms with Crippen LogP contribution in [0.1, 0.15) is 92.9 Å². The first kappa shape index (κ1) is 22.2. The van der Waals surface area contributed by atoms with E-state index in [-0.39, 0.29) is 11.2 Å². The first-order chi connectivity index (χ1) is 14.6. The fraction of sp³-hybridized carbons (Fsp3) is 0.897. The van der Waals surface area contributed by atoms with Crippen molar-refractivity contribution in [1.82, 2.24) is 0 Å². The molecular weight excluding hydrogens is 380 g/mol. The van der Waals surface area contributed by atoms with E-state index in [0.717, 1.165) is 65.8 Å². The summed E-state index contributed by atoms with van der Waals surface area (Å²) < 4.78 is 0. The van der Waals surface area contributed by atoms with Crippen LogP contribution in [-0.2, 0) is 4.79 Å². The van der Waals surface area contributed by atoms with Gasteiger partial charge in [0.05, 0.1) is 0 Å². The fourth-order valence-corrected chi connectivity index (χ4v) is 10.2. The third-order valence-corrected chi connectivity index (χ3v) is 11.8. The van der Waals surface area contributed by atoms with Crippen molar-refractivity contribution in [1.29, 1.82) is 0 Å². The lowest BCUT2D eigenvalue weighted by molar-refractivity contribution is -0.131. The van der Waals surface area contributed by atoms with Gasteiger partial charge in [0.25, 0.3) is 0 Å². The number of Topliss-reactive ketones (excluding diaryl/α,β-unsaturated/α-hetero) is 1. The van der Waals surface area contributed by atoms with Gasteiger partial charge in [-0.3, -0.25) is 4.79 Å². The van der Waals surface area contributed by atoms with Crippen LogP contribution in [0.2, 0.25) is 0 Å². The summed E-state index contributed by atoms with van der Waals surface area (Å²) in [6.07, 6.45) is 11.1. The van der Waals surface area contributed by atoms with Gasteiger partial charge in [0.2, 0.25) is 0 Å². The number of carbonyl (C=O) groups is 1. The average Bonchev–Trinajstić information content (AvgIpc) is 3.19. The summed E-state index contributed by atoms with van der Waals surface area (Å²) in [6, 6.07) is 0. The van der Waals surface area contributed by atoms with Crippen LogP contribution in [0.15, 0.2) is 11.6 Å². The molecule has 0 aromatic rings. The van der Waals surface area contributed by atoms with E-state index < -0.39 is 6.10 Å². The number of hydrogen-bond donors (Lipinski definition) is 1. The summed E-state index contributed by atoms with van der Waals surface area (Å²) in [4.78, 5) is 12.8. The molecule has 4 saturated carbocycles. The van der Waals surface area contributed by atoms with Crippen molar-refractivity contribution in [2.45, 2.75) is 99.0 Å². The summed E-state index contributed by atoms with van der Waals surface area (Å²) in [5.74, 6) is 7.69. The van der Waals surface area contributed by atoms with Gasteiger partial charge in [-0.25, -0.2) is 0 Å². The van der Waals surface area contributed by atoms with Crippen molar-refractivity contribution in [3.8, 4) is 0 Å². The predicted octanol–water partition coefficient (Wildman–Crippen LogP) is 6.67.